The number of rotatable bonds is 8. The molecule has 2 rings (SSSR count). The van der Waals surface area contributed by atoms with Crippen molar-refractivity contribution in [3.05, 3.63) is 30.3 Å². The first kappa shape index (κ1) is 36.6. The molecule has 0 unspecified atom stereocenters. The highest BCUT2D eigenvalue weighted by molar-refractivity contribution is 7.94. The van der Waals surface area contributed by atoms with Crippen molar-refractivity contribution >= 4 is 35.9 Å². The highest BCUT2D eigenvalue weighted by atomic mass is 32.2. The number of ether oxygens (including phenoxy) is 5. The molecule has 11 heteroatoms. The highest BCUT2D eigenvalue weighted by Gasteiger charge is 2.55. The van der Waals surface area contributed by atoms with Crippen LogP contribution in [0.4, 0.5) is 0 Å². The summed E-state index contributed by atoms with van der Waals surface area (Å²) in [7, 11) is 0. The van der Waals surface area contributed by atoms with E-state index in [4.69, 9.17) is 27.9 Å². The van der Waals surface area contributed by atoms with Crippen LogP contribution in [-0.2, 0) is 47.0 Å². The number of benzene rings is 1. The third-order valence-corrected chi connectivity index (χ3v) is 6.88. The van der Waals surface area contributed by atoms with Gasteiger partial charge in [0.2, 0.25) is 6.29 Å². The van der Waals surface area contributed by atoms with Gasteiger partial charge in [-0.1, -0.05) is 18.2 Å². The minimum absolute atomic E-state index is 0.350. The van der Waals surface area contributed by atoms with Crippen LogP contribution in [0.1, 0.15) is 83.1 Å². The molecule has 0 aliphatic carbocycles. The van der Waals surface area contributed by atoms with Crippen molar-refractivity contribution in [1.29, 1.82) is 0 Å². The molecule has 0 N–H and O–H groups in total. The molecule has 1 saturated heterocycles. The second-order valence-corrected chi connectivity index (χ2v) is 15.6. The fourth-order valence-corrected chi connectivity index (χ4v) is 3.98. The van der Waals surface area contributed by atoms with Crippen LogP contribution in [-0.4, -0.2) is 61.2 Å². The molecule has 0 spiro atoms. The Labute approximate surface area is 260 Å². The lowest BCUT2D eigenvalue weighted by molar-refractivity contribution is -0.291. The van der Waals surface area contributed by atoms with E-state index in [1.165, 1.54) is 0 Å². The van der Waals surface area contributed by atoms with E-state index in [1.807, 2.05) is 30.3 Å². The maximum Gasteiger partial charge on any atom is 0.311 e. The first-order valence-electron chi connectivity index (χ1n) is 14.4. The van der Waals surface area contributed by atoms with Crippen molar-refractivity contribution in [2.24, 2.45) is 21.7 Å². The van der Waals surface area contributed by atoms with Crippen molar-refractivity contribution in [3.63, 3.8) is 0 Å². The van der Waals surface area contributed by atoms with Gasteiger partial charge in [0.1, 0.15) is 12.7 Å². The molecule has 0 radical (unpaired) electrons. The Hall–Kier alpha value is -2.63. The molecule has 1 aliphatic rings. The van der Waals surface area contributed by atoms with Crippen LogP contribution in [0.3, 0.4) is 0 Å². The summed E-state index contributed by atoms with van der Waals surface area (Å²) in [6.07, 6.45) is -6.47. The van der Waals surface area contributed by atoms with Gasteiger partial charge >= 0.3 is 23.9 Å². The molecule has 5 atom stereocenters. The van der Waals surface area contributed by atoms with Crippen LogP contribution in [0.5, 0.6) is 0 Å². The molecule has 0 bridgehead atoms. The van der Waals surface area contributed by atoms with Crippen LogP contribution < -0.4 is 0 Å². The van der Waals surface area contributed by atoms with Crippen LogP contribution in [0.25, 0.3) is 0 Å². The van der Waals surface area contributed by atoms with Crippen molar-refractivity contribution < 1.29 is 47.0 Å². The summed E-state index contributed by atoms with van der Waals surface area (Å²) in [4.78, 5) is 53.2. The Kier molecular flexibility index (Phi) is 11.9. The molecular weight excluding hydrogens is 576 g/mol. The van der Waals surface area contributed by atoms with E-state index >= 15 is 0 Å². The normalized spacial score (nSPS) is 23.2. The first-order valence-corrected chi connectivity index (χ1v) is 15.1. The van der Waals surface area contributed by atoms with Crippen LogP contribution in [0, 0.1) is 21.7 Å². The molecular formula is C32H48O10S. The van der Waals surface area contributed by atoms with E-state index in [-0.39, 0.29) is 6.61 Å². The largest absolute Gasteiger partial charge is 0.462 e. The average molecular weight is 625 g/mol. The van der Waals surface area contributed by atoms with E-state index in [0.29, 0.717) is 0 Å². The molecule has 1 heterocycles. The Bertz CT molecular complexity index is 1120. The molecule has 242 valence electrons. The van der Waals surface area contributed by atoms with Gasteiger partial charge < -0.3 is 23.7 Å². The summed E-state index contributed by atoms with van der Waals surface area (Å²) < 4.78 is 35.8. The fraction of sp³-hybridized carbons (Fsp3) is 0.688. The molecule has 1 fully saturated rings. The van der Waals surface area contributed by atoms with Crippen LogP contribution in [0.2, 0.25) is 0 Å². The van der Waals surface area contributed by atoms with Crippen molar-refractivity contribution in [2.75, 3.05) is 6.61 Å². The Morgan fingerprint density at radius 2 is 1.05 bits per heavy atom. The van der Waals surface area contributed by atoms with E-state index < -0.39 is 76.2 Å². The summed E-state index contributed by atoms with van der Waals surface area (Å²) in [5.41, 5.74) is -3.67. The van der Waals surface area contributed by atoms with Crippen LogP contribution >= 0.6 is 12.0 Å². The minimum atomic E-state index is -1.36. The number of carbonyl (C=O) groups is 4. The fourth-order valence-electron chi connectivity index (χ4n) is 3.35. The number of carbonyl (C=O) groups excluding carboxylic acids is 4. The first-order chi connectivity index (χ1) is 19.5. The monoisotopic (exact) mass is 624 g/mol. The van der Waals surface area contributed by atoms with Gasteiger partial charge in [-0.05, 0) is 95.2 Å². The molecule has 1 aromatic carbocycles. The van der Waals surface area contributed by atoms with Gasteiger partial charge in [0, 0.05) is 16.9 Å². The maximum absolute atomic E-state index is 13.3. The lowest BCUT2D eigenvalue weighted by Crippen LogP contribution is -2.64. The Morgan fingerprint density at radius 1 is 0.628 bits per heavy atom. The van der Waals surface area contributed by atoms with E-state index in [1.54, 1.807) is 83.1 Å². The number of hydrogen-bond acceptors (Lipinski definition) is 11. The van der Waals surface area contributed by atoms with E-state index in [9.17, 15) is 19.2 Å². The summed E-state index contributed by atoms with van der Waals surface area (Å²) in [6, 6.07) is 9.14. The van der Waals surface area contributed by atoms with Crippen LogP contribution in [0.15, 0.2) is 35.2 Å². The predicted octanol–water partition coefficient (Wildman–Crippen LogP) is 5.90. The van der Waals surface area contributed by atoms with Crippen molar-refractivity contribution in [1.82, 2.24) is 0 Å². The summed E-state index contributed by atoms with van der Waals surface area (Å²) in [5, 5.41) is 0. The highest BCUT2D eigenvalue weighted by Crippen LogP contribution is 2.36. The lowest BCUT2D eigenvalue weighted by atomic mass is 9.93. The molecule has 10 nitrogen and oxygen atoms in total. The lowest BCUT2D eigenvalue weighted by Gasteiger charge is -2.45. The Balaban J connectivity index is 2.64. The predicted molar refractivity (Wildman–Crippen MR) is 160 cm³/mol. The van der Waals surface area contributed by atoms with E-state index in [0.717, 1.165) is 16.9 Å². The van der Waals surface area contributed by atoms with Gasteiger partial charge in [0.25, 0.3) is 0 Å². The van der Waals surface area contributed by atoms with E-state index in [2.05, 4.69) is 0 Å². The van der Waals surface area contributed by atoms with Gasteiger partial charge in [-0.2, -0.15) is 0 Å². The molecule has 43 heavy (non-hydrogen) atoms. The molecule has 0 aromatic heterocycles. The summed E-state index contributed by atoms with van der Waals surface area (Å²) in [6.45, 7) is 19.8. The number of esters is 4. The number of hydrogen-bond donors (Lipinski definition) is 0. The third kappa shape index (κ3) is 10.8. The summed E-state index contributed by atoms with van der Waals surface area (Å²) >= 11 is 0.970. The SMILES string of the molecule is CC(C)(C)C(=O)OC[C@H]1O[C@H](OSc2ccccc2)[C@@H](OC(=O)C(C)(C)C)[C@@H](OC(=O)C(C)(C)C)[C@@H]1OC(=O)C(C)(C)C. The second-order valence-electron chi connectivity index (χ2n) is 14.7. The molecule has 0 saturated carbocycles. The smallest absolute Gasteiger partial charge is 0.311 e. The second kappa shape index (κ2) is 14.0. The minimum Gasteiger partial charge on any atom is -0.462 e. The van der Waals surface area contributed by atoms with Gasteiger partial charge in [-0.3, -0.25) is 23.4 Å². The standard InChI is InChI=1S/C32H48O10S/c1-29(2,3)25(33)37-18-20-21(39-26(34)30(4,5)6)22(40-27(35)31(7,8)9)23(41-28(36)32(10,11)12)24(38-20)42-43-19-16-14-13-15-17-19/h13-17,20-24H,18H2,1-12H3/t20-,21-,22+,23+,24-/m1/s1. The summed E-state index contributed by atoms with van der Waals surface area (Å²) in [5.74, 6) is -2.38. The zero-order valence-corrected chi connectivity index (χ0v) is 28.3. The van der Waals surface area contributed by atoms with Gasteiger partial charge in [0.05, 0.1) is 21.7 Å². The van der Waals surface area contributed by atoms with Gasteiger partial charge in [-0.25, -0.2) is 0 Å². The maximum atomic E-state index is 13.3. The van der Waals surface area contributed by atoms with Gasteiger partial charge in [0.15, 0.2) is 18.3 Å². The average Bonchev–Trinajstić information content (AvgIpc) is 2.86. The quantitative estimate of drug-likeness (QED) is 0.195. The zero-order valence-electron chi connectivity index (χ0n) is 27.5. The Morgan fingerprint density at radius 3 is 1.49 bits per heavy atom. The third-order valence-electron chi connectivity index (χ3n) is 6.13. The molecule has 1 aliphatic heterocycles. The van der Waals surface area contributed by atoms with Crippen molar-refractivity contribution in [2.45, 2.75) is 119 Å². The topological polar surface area (TPSA) is 124 Å². The van der Waals surface area contributed by atoms with Crippen molar-refractivity contribution in [3.8, 4) is 0 Å². The van der Waals surface area contributed by atoms with Gasteiger partial charge in [-0.15, -0.1) is 0 Å². The molecule has 0 amide bonds. The molecule has 1 aromatic rings. The zero-order chi connectivity index (χ0) is 33.0.